The van der Waals surface area contributed by atoms with Gasteiger partial charge in [0, 0.05) is 0 Å². The Morgan fingerprint density at radius 3 is 2.33 bits per heavy atom. The first-order valence-corrected chi connectivity index (χ1v) is 3.15. The van der Waals surface area contributed by atoms with Gasteiger partial charge < -0.3 is 14.2 Å². The lowest BCUT2D eigenvalue weighted by Crippen LogP contribution is -2.41. The molecule has 2 atom stereocenters. The smallest absolute Gasteiger partial charge is 0.189 e. The first-order chi connectivity index (χ1) is 4.17. The summed E-state index contributed by atoms with van der Waals surface area (Å²) in [5.41, 5.74) is 0. The van der Waals surface area contributed by atoms with Gasteiger partial charge in [0.15, 0.2) is 12.1 Å². The van der Waals surface area contributed by atoms with Gasteiger partial charge in [0.2, 0.25) is 0 Å². The molecule has 0 saturated carbocycles. The zero-order valence-electron chi connectivity index (χ0n) is 5.59. The van der Waals surface area contributed by atoms with Crippen LogP contribution < -0.4 is 0 Å². The SMILES string of the molecule is CC1(C)O[C@H]2OC[C@@H]2O1. The fraction of sp³-hybridized carbons (Fsp3) is 1.00. The molecule has 0 bridgehead atoms. The molecule has 0 radical (unpaired) electrons. The molecule has 9 heavy (non-hydrogen) atoms. The van der Waals surface area contributed by atoms with Crippen LogP contribution in [0.2, 0.25) is 0 Å². The molecule has 3 nitrogen and oxygen atoms in total. The molecule has 0 aliphatic carbocycles. The van der Waals surface area contributed by atoms with Crippen LogP contribution in [0.15, 0.2) is 0 Å². The highest BCUT2D eigenvalue weighted by molar-refractivity contribution is 4.81. The van der Waals surface area contributed by atoms with Gasteiger partial charge in [0.25, 0.3) is 0 Å². The highest BCUT2D eigenvalue weighted by atomic mass is 16.9. The highest BCUT2D eigenvalue weighted by Gasteiger charge is 2.48. The minimum absolute atomic E-state index is 0.0833. The molecule has 2 fully saturated rings. The van der Waals surface area contributed by atoms with Gasteiger partial charge in [-0.3, -0.25) is 0 Å². The first kappa shape index (κ1) is 5.65. The van der Waals surface area contributed by atoms with Gasteiger partial charge in [-0.1, -0.05) is 0 Å². The monoisotopic (exact) mass is 130 g/mol. The van der Waals surface area contributed by atoms with E-state index in [-0.39, 0.29) is 12.4 Å². The maximum Gasteiger partial charge on any atom is 0.189 e. The maximum atomic E-state index is 5.40. The van der Waals surface area contributed by atoms with Crippen LogP contribution >= 0.6 is 0 Å². The van der Waals surface area contributed by atoms with Crippen LogP contribution in [0.1, 0.15) is 13.8 Å². The zero-order chi connectivity index (χ0) is 6.48. The zero-order valence-corrected chi connectivity index (χ0v) is 5.59. The third-order valence-corrected chi connectivity index (χ3v) is 1.56. The average Bonchev–Trinajstić information content (AvgIpc) is 1.90. The molecule has 0 spiro atoms. The van der Waals surface area contributed by atoms with E-state index in [1.54, 1.807) is 0 Å². The molecule has 52 valence electrons. The molecule has 0 amide bonds. The van der Waals surface area contributed by atoms with E-state index in [0.717, 1.165) is 0 Å². The van der Waals surface area contributed by atoms with Gasteiger partial charge >= 0.3 is 0 Å². The van der Waals surface area contributed by atoms with Gasteiger partial charge in [0.1, 0.15) is 6.10 Å². The second-order valence-electron chi connectivity index (χ2n) is 2.88. The Balaban J connectivity index is 2.07. The number of hydrogen-bond acceptors (Lipinski definition) is 3. The summed E-state index contributed by atoms with van der Waals surface area (Å²) in [6.45, 7) is 4.48. The Labute approximate surface area is 53.9 Å². The fourth-order valence-corrected chi connectivity index (χ4v) is 1.12. The van der Waals surface area contributed by atoms with E-state index in [1.165, 1.54) is 0 Å². The lowest BCUT2D eigenvalue weighted by Gasteiger charge is -2.26. The molecule has 2 heterocycles. The summed E-state index contributed by atoms with van der Waals surface area (Å²) in [6.07, 6.45) is 0.111. The minimum atomic E-state index is -0.425. The van der Waals surface area contributed by atoms with Gasteiger partial charge in [0.05, 0.1) is 6.61 Å². The van der Waals surface area contributed by atoms with E-state index in [1.807, 2.05) is 13.8 Å². The Hall–Kier alpha value is -0.120. The summed E-state index contributed by atoms with van der Waals surface area (Å²) in [5.74, 6) is -0.425. The molecule has 0 aromatic carbocycles. The lowest BCUT2D eigenvalue weighted by atomic mass is 10.3. The van der Waals surface area contributed by atoms with E-state index in [0.29, 0.717) is 6.61 Å². The molecule has 0 unspecified atom stereocenters. The highest BCUT2D eigenvalue weighted by Crippen LogP contribution is 2.34. The first-order valence-electron chi connectivity index (χ1n) is 3.15. The van der Waals surface area contributed by atoms with Crippen molar-refractivity contribution < 1.29 is 14.2 Å². The number of fused-ring (bicyclic) bond motifs is 1. The molecule has 3 heteroatoms. The largest absolute Gasteiger partial charge is 0.347 e. The van der Waals surface area contributed by atoms with Crippen molar-refractivity contribution in [3.8, 4) is 0 Å². The van der Waals surface area contributed by atoms with Crippen molar-refractivity contribution in [1.29, 1.82) is 0 Å². The summed E-state index contributed by atoms with van der Waals surface area (Å²) in [5, 5.41) is 0. The summed E-state index contributed by atoms with van der Waals surface area (Å²) >= 11 is 0. The van der Waals surface area contributed by atoms with E-state index >= 15 is 0 Å². The quantitative estimate of drug-likeness (QED) is 0.477. The van der Waals surface area contributed by atoms with Crippen molar-refractivity contribution in [1.82, 2.24) is 0 Å². The molecular weight excluding hydrogens is 120 g/mol. The normalized spacial score (nSPS) is 46.0. The van der Waals surface area contributed by atoms with Gasteiger partial charge in [-0.2, -0.15) is 0 Å². The molecule has 2 saturated heterocycles. The van der Waals surface area contributed by atoms with Gasteiger partial charge in [-0.05, 0) is 13.8 Å². The fourth-order valence-electron chi connectivity index (χ4n) is 1.12. The molecule has 0 N–H and O–H groups in total. The van der Waals surface area contributed by atoms with Crippen molar-refractivity contribution in [2.75, 3.05) is 6.61 Å². The Morgan fingerprint density at radius 1 is 1.33 bits per heavy atom. The third kappa shape index (κ3) is 0.764. The van der Waals surface area contributed by atoms with E-state index in [4.69, 9.17) is 14.2 Å². The maximum absolute atomic E-state index is 5.40. The van der Waals surface area contributed by atoms with Crippen LogP contribution in [0.4, 0.5) is 0 Å². The Bertz CT molecular complexity index is 118. The van der Waals surface area contributed by atoms with Crippen molar-refractivity contribution in [3.63, 3.8) is 0 Å². The lowest BCUT2D eigenvalue weighted by molar-refractivity contribution is -0.215. The van der Waals surface area contributed by atoms with Crippen molar-refractivity contribution in [3.05, 3.63) is 0 Å². The van der Waals surface area contributed by atoms with Gasteiger partial charge in [-0.25, -0.2) is 0 Å². The number of ether oxygens (including phenoxy) is 3. The van der Waals surface area contributed by atoms with Crippen molar-refractivity contribution >= 4 is 0 Å². The predicted molar refractivity (Wildman–Crippen MR) is 29.8 cm³/mol. The van der Waals surface area contributed by atoms with Crippen molar-refractivity contribution in [2.24, 2.45) is 0 Å². The molecule has 0 aromatic heterocycles. The number of hydrogen-bond donors (Lipinski definition) is 0. The summed E-state index contributed by atoms with van der Waals surface area (Å²) in [4.78, 5) is 0. The number of rotatable bonds is 0. The molecule has 2 aliphatic heterocycles. The third-order valence-electron chi connectivity index (χ3n) is 1.56. The van der Waals surface area contributed by atoms with Crippen LogP contribution in [0.5, 0.6) is 0 Å². The molecule has 2 rings (SSSR count). The van der Waals surface area contributed by atoms with Crippen LogP contribution in [0.25, 0.3) is 0 Å². The molecule has 0 aromatic rings. The minimum Gasteiger partial charge on any atom is -0.347 e. The van der Waals surface area contributed by atoms with Crippen LogP contribution in [-0.2, 0) is 14.2 Å². The van der Waals surface area contributed by atoms with Crippen LogP contribution in [0, 0.1) is 0 Å². The van der Waals surface area contributed by atoms with Crippen LogP contribution in [0.3, 0.4) is 0 Å². The van der Waals surface area contributed by atoms with E-state index in [2.05, 4.69) is 0 Å². The van der Waals surface area contributed by atoms with E-state index < -0.39 is 5.79 Å². The Morgan fingerprint density at radius 2 is 2.11 bits per heavy atom. The van der Waals surface area contributed by atoms with Gasteiger partial charge in [-0.15, -0.1) is 0 Å². The topological polar surface area (TPSA) is 27.7 Å². The molecular formula is C6H10O3. The Kier molecular flexibility index (Phi) is 0.928. The summed E-state index contributed by atoms with van der Waals surface area (Å²) in [7, 11) is 0. The second kappa shape index (κ2) is 1.48. The van der Waals surface area contributed by atoms with Crippen molar-refractivity contribution in [2.45, 2.75) is 32.0 Å². The summed E-state index contributed by atoms with van der Waals surface area (Å²) < 4.78 is 15.7. The standard InChI is InChI=1S/C6H10O3/c1-6(2)8-4-3-7-5(4)9-6/h4-5H,3H2,1-2H3/t4-,5+/m0/s1. The molecule has 2 aliphatic rings. The summed E-state index contributed by atoms with van der Waals surface area (Å²) in [6, 6.07) is 0. The second-order valence-corrected chi connectivity index (χ2v) is 2.88. The van der Waals surface area contributed by atoms with E-state index in [9.17, 15) is 0 Å². The van der Waals surface area contributed by atoms with Crippen LogP contribution in [-0.4, -0.2) is 24.8 Å². The predicted octanol–water partition coefficient (Wildman–Crippen LogP) is 0.494. The average molecular weight is 130 g/mol.